The Morgan fingerprint density at radius 1 is 1.32 bits per heavy atom. The second-order valence-electron chi connectivity index (χ2n) is 4.88. The Balaban J connectivity index is 2.20. The van der Waals surface area contributed by atoms with Gasteiger partial charge in [0.05, 0.1) is 12.7 Å². The van der Waals surface area contributed by atoms with Gasteiger partial charge >= 0.3 is 0 Å². The van der Waals surface area contributed by atoms with Crippen LogP contribution in [-0.4, -0.2) is 29.2 Å². The lowest BCUT2D eigenvalue weighted by atomic mass is 9.86. The minimum Gasteiger partial charge on any atom is -0.496 e. The highest BCUT2D eigenvalue weighted by molar-refractivity contribution is 7.98. The molecule has 1 amide bonds. The number of anilines is 1. The van der Waals surface area contributed by atoms with Crippen molar-refractivity contribution in [2.75, 3.05) is 18.7 Å². The van der Waals surface area contributed by atoms with Crippen LogP contribution in [0, 0.1) is 0 Å². The van der Waals surface area contributed by atoms with E-state index in [9.17, 15) is 9.59 Å². The minimum absolute atomic E-state index is 0.159. The molecule has 0 saturated carbocycles. The Hall–Kier alpha value is -2.28. The second-order valence-corrected chi connectivity index (χ2v) is 5.68. The van der Waals surface area contributed by atoms with Gasteiger partial charge in [-0.3, -0.25) is 9.59 Å². The lowest BCUT2D eigenvalue weighted by Gasteiger charge is -2.25. The number of H-pyrrole nitrogens is 1. The quantitative estimate of drug-likeness (QED) is 0.668. The number of hydrogen-bond acceptors (Lipinski definition) is 5. The normalized spacial score (nSPS) is 16.8. The smallest absolute Gasteiger partial charge is 0.257 e. The number of thioether (sulfide) groups is 1. The van der Waals surface area contributed by atoms with E-state index in [0.717, 1.165) is 5.56 Å². The number of rotatable bonds is 3. The first-order valence-electron chi connectivity index (χ1n) is 6.75. The molecule has 6 nitrogen and oxygen atoms in total. The van der Waals surface area contributed by atoms with Crippen molar-refractivity contribution in [2.24, 2.45) is 0 Å². The van der Waals surface area contributed by atoms with E-state index in [1.165, 1.54) is 11.8 Å². The molecule has 1 aliphatic rings. The number of nitrogens with one attached hydrogen (secondary N) is 2. The van der Waals surface area contributed by atoms with Crippen LogP contribution in [0.2, 0.25) is 0 Å². The first kappa shape index (κ1) is 14.6. The average Bonchev–Trinajstić information content (AvgIpc) is 2.53. The Bertz CT molecular complexity index is 788. The molecule has 0 bridgehead atoms. The van der Waals surface area contributed by atoms with Gasteiger partial charge in [-0.15, -0.1) is 0 Å². The minimum atomic E-state index is -0.368. The highest BCUT2D eigenvalue weighted by Gasteiger charge is 2.32. The van der Waals surface area contributed by atoms with E-state index in [0.29, 0.717) is 22.3 Å². The summed E-state index contributed by atoms with van der Waals surface area (Å²) in [6, 6.07) is 7.40. The molecule has 2 N–H and O–H groups in total. The summed E-state index contributed by atoms with van der Waals surface area (Å²) in [6.45, 7) is 0. The average molecular weight is 317 g/mol. The monoisotopic (exact) mass is 317 g/mol. The first-order chi connectivity index (χ1) is 10.6. The zero-order valence-electron chi connectivity index (χ0n) is 12.2. The molecule has 114 valence electrons. The van der Waals surface area contributed by atoms with E-state index in [4.69, 9.17) is 4.74 Å². The molecular weight excluding hydrogens is 302 g/mol. The van der Waals surface area contributed by atoms with Crippen LogP contribution < -0.4 is 15.6 Å². The number of fused-ring (bicyclic) bond motifs is 1. The van der Waals surface area contributed by atoms with E-state index in [2.05, 4.69) is 15.3 Å². The number of benzene rings is 1. The Labute approximate surface area is 131 Å². The summed E-state index contributed by atoms with van der Waals surface area (Å²) in [4.78, 5) is 31.5. The Kier molecular flexibility index (Phi) is 3.89. The molecule has 22 heavy (non-hydrogen) atoms. The Morgan fingerprint density at radius 3 is 2.82 bits per heavy atom. The van der Waals surface area contributed by atoms with Crippen molar-refractivity contribution in [3.8, 4) is 5.75 Å². The SMILES string of the molecule is COc1ccccc1C1CC(=O)Nc2nc(SC)[nH]c(=O)c21. The van der Waals surface area contributed by atoms with Crippen molar-refractivity contribution < 1.29 is 9.53 Å². The predicted molar refractivity (Wildman–Crippen MR) is 84.7 cm³/mol. The molecular formula is C15H15N3O3S. The molecule has 0 saturated heterocycles. The number of ether oxygens (including phenoxy) is 1. The molecule has 1 aromatic carbocycles. The molecule has 1 unspecified atom stereocenters. The topological polar surface area (TPSA) is 84.1 Å². The lowest BCUT2D eigenvalue weighted by Crippen LogP contribution is -2.31. The maximum atomic E-state index is 12.4. The van der Waals surface area contributed by atoms with Gasteiger partial charge in [0.25, 0.3) is 5.56 Å². The van der Waals surface area contributed by atoms with E-state index in [1.54, 1.807) is 7.11 Å². The molecule has 2 aromatic rings. The standard InChI is InChI=1S/C15H15N3O3S/c1-21-10-6-4-3-5-8(10)9-7-11(19)16-13-12(9)14(20)18-15(17-13)22-2/h3-6,9H,7H2,1-2H3,(H2,16,17,18,19,20). The summed E-state index contributed by atoms with van der Waals surface area (Å²) >= 11 is 1.32. The Morgan fingerprint density at radius 2 is 2.09 bits per heavy atom. The van der Waals surface area contributed by atoms with E-state index < -0.39 is 0 Å². The molecule has 1 aliphatic heterocycles. The fraction of sp³-hybridized carbons (Fsp3) is 0.267. The van der Waals surface area contributed by atoms with Crippen LogP contribution in [0.4, 0.5) is 5.82 Å². The van der Waals surface area contributed by atoms with E-state index in [1.807, 2.05) is 30.5 Å². The molecule has 2 heterocycles. The zero-order valence-corrected chi connectivity index (χ0v) is 13.0. The molecule has 0 radical (unpaired) electrons. The number of methoxy groups -OCH3 is 1. The molecule has 0 fully saturated rings. The maximum Gasteiger partial charge on any atom is 0.257 e. The number of hydrogen-bond donors (Lipinski definition) is 2. The third kappa shape index (κ3) is 2.48. The second kappa shape index (κ2) is 5.84. The number of para-hydroxylation sites is 1. The van der Waals surface area contributed by atoms with Crippen molar-refractivity contribution >= 4 is 23.5 Å². The van der Waals surface area contributed by atoms with Crippen LogP contribution >= 0.6 is 11.8 Å². The van der Waals surface area contributed by atoms with E-state index in [-0.39, 0.29) is 23.8 Å². The van der Waals surface area contributed by atoms with Crippen molar-refractivity contribution in [3.05, 3.63) is 45.7 Å². The number of amides is 1. The molecule has 0 aliphatic carbocycles. The van der Waals surface area contributed by atoms with Gasteiger partial charge in [0.15, 0.2) is 5.16 Å². The van der Waals surface area contributed by atoms with Crippen molar-refractivity contribution in [3.63, 3.8) is 0 Å². The van der Waals surface area contributed by atoms with Gasteiger partial charge < -0.3 is 15.0 Å². The summed E-state index contributed by atoms with van der Waals surface area (Å²) in [5, 5.41) is 3.17. The van der Waals surface area contributed by atoms with Gasteiger partial charge in [-0.25, -0.2) is 4.98 Å². The number of aromatic nitrogens is 2. The molecule has 7 heteroatoms. The highest BCUT2D eigenvalue weighted by atomic mass is 32.2. The maximum absolute atomic E-state index is 12.4. The predicted octanol–water partition coefficient (Wildman–Crippen LogP) is 1.97. The summed E-state index contributed by atoms with van der Waals surface area (Å²) in [7, 11) is 1.57. The van der Waals surface area contributed by atoms with Crippen LogP contribution in [0.15, 0.2) is 34.2 Å². The van der Waals surface area contributed by atoms with Gasteiger partial charge in [0, 0.05) is 17.9 Å². The molecule has 3 rings (SSSR count). The molecule has 1 aromatic heterocycles. The summed E-state index contributed by atoms with van der Waals surface area (Å²) in [5.74, 6) is 0.461. The van der Waals surface area contributed by atoms with Gasteiger partial charge in [0.1, 0.15) is 11.6 Å². The molecule has 0 spiro atoms. The number of aromatic amines is 1. The fourth-order valence-electron chi connectivity index (χ4n) is 2.67. The van der Waals surface area contributed by atoms with Gasteiger partial charge in [0.2, 0.25) is 5.91 Å². The van der Waals surface area contributed by atoms with Crippen molar-refractivity contribution in [1.29, 1.82) is 0 Å². The lowest BCUT2D eigenvalue weighted by molar-refractivity contribution is -0.116. The number of carbonyl (C=O) groups excluding carboxylic acids is 1. The van der Waals surface area contributed by atoms with Crippen LogP contribution in [0.5, 0.6) is 5.75 Å². The number of carbonyl (C=O) groups is 1. The van der Waals surface area contributed by atoms with E-state index >= 15 is 0 Å². The fourth-order valence-corrected chi connectivity index (χ4v) is 3.04. The third-order valence-electron chi connectivity index (χ3n) is 3.64. The van der Waals surface area contributed by atoms with Crippen LogP contribution in [0.3, 0.4) is 0 Å². The highest BCUT2D eigenvalue weighted by Crippen LogP contribution is 2.38. The van der Waals surface area contributed by atoms with Crippen molar-refractivity contribution in [1.82, 2.24) is 9.97 Å². The summed E-state index contributed by atoms with van der Waals surface area (Å²) < 4.78 is 5.37. The van der Waals surface area contributed by atoms with Crippen LogP contribution in [0.1, 0.15) is 23.5 Å². The summed E-state index contributed by atoms with van der Waals surface area (Å²) in [6.07, 6.45) is 2.00. The van der Waals surface area contributed by atoms with Gasteiger partial charge in [-0.2, -0.15) is 0 Å². The zero-order chi connectivity index (χ0) is 15.7. The first-order valence-corrected chi connectivity index (χ1v) is 7.97. The van der Waals surface area contributed by atoms with Crippen LogP contribution in [-0.2, 0) is 4.79 Å². The van der Waals surface area contributed by atoms with Crippen LogP contribution in [0.25, 0.3) is 0 Å². The van der Waals surface area contributed by atoms with Gasteiger partial charge in [-0.05, 0) is 12.3 Å². The third-order valence-corrected chi connectivity index (χ3v) is 4.22. The van der Waals surface area contributed by atoms with Gasteiger partial charge in [-0.1, -0.05) is 30.0 Å². The number of nitrogens with zero attached hydrogens (tertiary/aromatic N) is 1. The summed E-state index contributed by atoms with van der Waals surface area (Å²) in [5.41, 5.74) is 1.05. The molecule has 1 atom stereocenters. The van der Waals surface area contributed by atoms with Crippen molar-refractivity contribution in [2.45, 2.75) is 17.5 Å². The largest absolute Gasteiger partial charge is 0.496 e.